The predicted octanol–water partition coefficient (Wildman–Crippen LogP) is 5.23. The summed E-state index contributed by atoms with van der Waals surface area (Å²) in [6, 6.07) is 0. The molecule has 20 heavy (non-hydrogen) atoms. The minimum absolute atomic E-state index is 0.662. The van der Waals surface area contributed by atoms with Crippen molar-refractivity contribution in [2.75, 3.05) is 0 Å². The summed E-state index contributed by atoms with van der Waals surface area (Å²) in [5, 5.41) is 0. The SMILES string of the molecule is CC1CC2CC3CC(C)CC4C3C3C2C(C1)C3C4(C)C. The Labute approximate surface area is 125 Å². The van der Waals surface area contributed by atoms with Gasteiger partial charge in [-0.25, -0.2) is 0 Å². The van der Waals surface area contributed by atoms with Crippen LogP contribution in [0.5, 0.6) is 0 Å². The summed E-state index contributed by atoms with van der Waals surface area (Å²) in [4.78, 5) is 0. The molecule has 112 valence electrons. The highest BCUT2D eigenvalue weighted by Gasteiger charge is 2.72. The third-order valence-electron chi connectivity index (χ3n) is 8.97. The molecule has 10 atom stereocenters. The molecule has 0 spiro atoms. The molecule has 5 aliphatic carbocycles. The summed E-state index contributed by atoms with van der Waals surface area (Å²) in [6.45, 7) is 10.4. The molecule has 0 N–H and O–H groups in total. The van der Waals surface area contributed by atoms with Crippen molar-refractivity contribution < 1.29 is 0 Å². The third kappa shape index (κ3) is 1.27. The molecule has 0 bridgehead atoms. The molecule has 0 saturated heterocycles. The van der Waals surface area contributed by atoms with Crippen molar-refractivity contribution in [2.24, 2.45) is 64.6 Å². The van der Waals surface area contributed by atoms with Crippen LogP contribution in [0.4, 0.5) is 0 Å². The Balaban J connectivity index is 1.60. The molecule has 0 amide bonds. The Morgan fingerprint density at radius 3 is 2.10 bits per heavy atom. The lowest BCUT2D eigenvalue weighted by Gasteiger charge is -2.64. The highest BCUT2D eigenvalue weighted by Crippen LogP contribution is 2.78. The number of hydrogen-bond donors (Lipinski definition) is 0. The Hall–Kier alpha value is 0. The molecule has 5 saturated carbocycles. The van der Waals surface area contributed by atoms with Gasteiger partial charge in [0.2, 0.25) is 0 Å². The van der Waals surface area contributed by atoms with E-state index in [1.54, 1.807) is 32.1 Å². The molecular weight excluding hydrogens is 240 g/mol. The van der Waals surface area contributed by atoms with Crippen LogP contribution in [0, 0.1) is 64.6 Å². The maximum absolute atomic E-state index is 2.67. The molecule has 5 rings (SSSR count). The summed E-state index contributed by atoms with van der Waals surface area (Å²) in [5.41, 5.74) is 0.662. The van der Waals surface area contributed by atoms with Crippen molar-refractivity contribution in [1.82, 2.24) is 0 Å². The highest BCUT2D eigenvalue weighted by atomic mass is 14.8. The van der Waals surface area contributed by atoms with Gasteiger partial charge in [-0.3, -0.25) is 0 Å². The van der Waals surface area contributed by atoms with Crippen molar-refractivity contribution in [1.29, 1.82) is 0 Å². The largest absolute Gasteiger partial charge is 0.0625 e. The van der Waals surface area contributed by atoms with Gasteiger partial charge in [-0.05, 0) is 96.7 Å². The average Bonchev–Trinajstić information content (AvgIpc) is 2.52. The molecular formula is C20H32. The Morgan fingerprint density at radius 1 is 0.700 bits per heavy atom. The third-order valence-corrected chi connectivity index (χ3v) is 8.97. The van der Waals surface area contributed by atoms with E-state index in [-0.39, 0.29) is 0 Å². The molecule has 0 heteroatoms. The molecule has 5 aliphatic rings. The van der Waals surface area contributed by atoms with Gasteiger partial charge >= 0.3 is 0 Å². The van der Waals surface area contributed by atoms with Crippen LogP contribution < -0.4 is 0 Å². The second-order valence-corrected chi connectivity index (χ2v) is 10.3. The summed E-state index contributed by atoms with van der Waals surface area (Å²) in [6.07, 6.45) is 7.90. The van der Waals surface area contributed by atoms with E-state index in [1.807, 2.05) is 0 Å². The van der Waals surface area contributed by atoms with E-state index < -0.39 is 0 Å². The molecule has 0 nitrogen and oxygen atoms in total. The lowest BCUT2D eigenvalue weighted by atomic mass is 9.40. The van der Waals surface area contributed by atoms with E-state index in [4.69, 9.17) is 0 Å². The smallest absolute Gasteiger partial charge is 0.0289 e. The van der Waals surface area contributed by atoms with E-state index in [1.165, 1.54) is 11.8 Å². The lowest BCUT2D eigenvalue weighted by molar-refractivity contribution is -0.165. The normalized spacial score (nSPS) is 65.4. The lowest BCUT2D eigenvalue weighted by Crippen LogP contribution is -2.59. The number of fused-ring (bicyclic) bond motifs is 1. The quantitative estimate of drug-likeness (QED) is 0.566. The van der Waals surface area contributed by atoms with E-state index in [2.05, 4.69) is 27.7 Å². The minimum Gasteiger partial charge on any atom is -0.0625 e. The maximum atomic E-state index is 2.67. The first kappa shape index (κ1) is 12.5. The van der Waals surface area contributed by atoms with Gasteiger partial charge in [0.1, 0.15) is 0 Å². The molecule has 0 radical (unpaired) electrons. The molecule has 0 aliphatic heterocycles. The summed E-state index contributed by atoms with van der Waals surface area (Å²) < 4.78 is 0. The Bertz CT molecular complexity index is 435. The molecule has 0 aromatic carbocycles. The zero-order chi connectivity index (χ0) is 13.8. The van der Waals surface area contributed by atoms with Crippen molar-refractivity contribution in [3.63, 3.8) is 0 Å². The molecule has 0 aromatic heterocycles. The first-order valence-electron chi connectivity index (χ1n) is 9.48. The zero-order valence-electron chi connectivity index (χ0n) is 13.8. The highest BCUT2D eigenvalue weighted by molar-refractivity contribution is 5.20. The van der Waals surface area contributed by atoms with Crippen molar-refractivity contribution in [3.05, 3.63) is 0 Å². The van der Waals surface area contributed by atoms with Crippen molar-refractivity contribution >= 4 is 0 Å². The first-order valence-corrected chi connectivity index (χ1v) is 9.48. The Kier molecular flexibility index (Phi) is 2.30. The Morgan fingerprint density at radius 2 is 1.35 bits per heavy atom. The first-order chi connectivity index (χ1) is 9.48. The van der Waals surface area contributed by atoms with Crippen LogP contribution in [0.2, 0.25) is 0 Å². The van der Waals surface area contributed by atoms with Crippen LogP contribution in [0.1, 0.15) is 59.8 Å². The molecule has 0 heterocycles. The average molecular weight is 272 g/mol. The second kappa shape index (κ2) is 3.66. The maximum Gasteiger partial charge on any atom is -0.0289 e. The predicted molar refractivity (Wildman–Crippen MR) is 83.1 cm³/mol. The van der Waals surface area contributed by atoms with Crippen LogP contribution in [0.25, 0.3) is 0 Å². The van der Waals surface area contributed by atoms with E-state index >= 15 is 0 Å². The van der Waals surface area contributed by atoms with Crippen LogP contribution in [0.3, 0.4) is 0 Å². The van der Waals surface area contributed by atoms with E-state index in [9.17, 15) is 0 Å². The standard InChI is InChI=1S/C20H32/c1-10-5-12-9-13-6-11(2)8-15-17(13)18-16(12)14(7-10)19(18)20(15,3)4/h10-19H,5-9H2,1-4H3. The molecule has 5 fully saturated rings. The topological polar surface area (TPSA) is 0 Å². The van der Waals surface area contributed by atoms with Crippen LogP contribution >= 0.6 is 0 Å². The monoisotopic (exact) mass is 272 g/mol. The number of hydrogen-bond acceptors (Lipinski definition) is 0. The van der Waals surface area contributed by atoms with Gasteiger partial charge in [0.05, 0.1) is 0 Å². The van der Waals surface area contributed by atoms with Gasteiger partial charge < -0.3 is 0 Å². The summed E-state index contributed by atoms with van der Waals surface area (Å²) in [5.74, 6) is 11.1. The number of rotatable bonds is 0. The van der Waals surface area contributed by atoms with Crippen LogP contribution in [-0.4, -0.2) is 0 Å². The zero-order valence-corrected chi connectivity index (χ0v) is 13.8. The van der Waals surface area contributed by atoms with Crippen molar-refractivity contribution in [2.45, 2.75) is 59.8 Å². The van der Waals surface area contributed by atoms with Gasteiger partial charge in [0.25, 0.3) is 0 Å². The van der Waals surface area contributed by atoms with Gasteiger partial charge in [0.15, 0.2) is 0 Å². The van der Waals surface area contributed by atoms with E-state index in [0.717, 1.165) is 47.3 Å². The van der Waals surface area contributed by atoms with Crippen LogP contribution in [-0.2, 0) is 0 Å². The van der Waals surface area contributed by atoms with Crippen molar-refractivity contribution in [3.8, 4) is 0 Å². The fourth-order valence-corrected chi connectivity index (χ4v) is 8.86. The second-order valence-electron chi connectivity index (χ2n) is 10.3. The minimum atomic E-state index is 0.662. The van der Waals surface area contributed by atoms with Gasteiger partial charge in [0, 0.05) is 0 Å². The molecule has 0 aromatic rings. The van der Waals surface area contributed by atoms with Crippen LogP contribution in [0.15, 0.2) is 0 Å². The van der Waals surface area contributed by atoms with Gasteiger partial charge in [-0.15, -0.1) is 0 Å². The summed E-state index contributed by atoms with van der Waals surface area (Å²) >= 11 is 0. The fourth-order valence-electron chi connectivity index (χ4n) is 8.86. The molecule has 10 unspecified atom stereocenters. The van der Waals surface area contributed by atoms with Gasteiger partial charge in [-0.1, -0.05) is 27.7 Å². The van der Waals surface area contributed by atoms with E-state index in [0.29, 0.717) is 5.41 Å². The fraction of sp³-hybridized carbons (Fsp3) is 1.00. The summed E-state index contributed by atoms with van der Waals surface area (Å²) in [7, 11) is 0. The van der Waals surface area contributed by atoms with Gasteiger partial charge in [-0.2, -0.15) is 0 Å².